The Hall–Kier alpha value is -8.64. The number of nitrogens with zero attached hydrogens (tertiary/aromatic N) is 4. The standard InChI is InChI=1S/C88H94N4O8/c1-81(2)17-25-89-29-21-85(9,10)65-69(89)61(81)43-53-39-57(77(93)97-73(53)65)49-33-47(34-50(37-49)58-40-54-44-62-70-66(74(54)98-78(58)94)86(11,12)22-30-90(70)26-18-82(62,3)4)48-35-51(59-41-55-45-63-71-67(75(55)99-79(59)95)87(13,14)23-31-91(71)27-19-83(63,5)6)38-52(36-48)60-42-56-46-64-72-68(76(56)100-80(60)96)88(15,16)24-32-92(72)28-20-84(64,7)8/h33-46H,17-32H2,1-16H3. The third-order valence-electron chi connectivity index (χ3n) is 26.4. The summed E-state index contributed by atoms with van der Waals surface area (Å²) in [5, 5.41) is 3.35. The molecule has 100 heavy (non-hydrogen) atoms. The van der Waals surface area contributed by atoms with Crippen molar-refractivity contribution in [2.75, 3.05) is 72.0 Å². The summed E-state index contributed by atoms with van der Waals surface area (Å²) in [6, 6.07) is 28.9. The van der Waals surface area contributed by atoms with Gasteiger partial charge >= 0.3 is 22.5 Å². The summed E-state index contributed by atoms with van der Waals surface area (Å²) in [7, 11) is 0. The molecule has 514 valence electrons. The molecule has 0 spiro atoms. The van der Waals surface area contributed by atoms with E-state index in [2.05, 4.69) is 155 Å². The molecule has 18 rings (SSSR count). The molecule has 0 amide bonds. The summed E-state index contributed by atoms with van der Waals surface area (Å²) in [5.74, 6) is 0. The Bertz CT molecular complexity index is 4920. The second-order valence-electron chi connectivity index (χ2n) is 36.7. The maximum absolute atomic E-state index is 15.5. The highest BCUT2D eigenvalue weighted by molar-refractivity contribution is 5.99. The maximum atomic E-state index is 15.5. The molecule has 12 nitrogen and oxygen atoms in total. The Labute approximate surface area is 585 Å². The first-order chi connectivity index (χ1) is 47.1. The molecule has 0 bridgehead atoms. The van der Waals surface area contributed by atoms with Crippen molar-refractivity contribution >= 4 is 66.6 Å². The molecular weight excluding hydrogens is 1240 g/mol. The van der Waals surface area contributed by atoms with Crippen LogP contribution in [-0.4, -0.2) is 52.4 Å². The largest absolute Gasteiger partial charge is 0.422 e. The minimum Gasteiger partial charge on any atom is -0.422 e. The van der Waals surface area contributed by atoms with Gasteiger partial charge in [0.1, 0.15) is 22.3 Å². The van der Waals surface area contributed by atoms with Crippen LogP contribution in [-0.2, 0) is 43.3 Å². The average Bonchev–Trinajstić information content (AvgIpc) is 0.729. The predicted molar refractivity (Wildman–Crippen MR) is 408 cm³/mol. The Morgan fingerprint density at radius 3 is 0.620 bits per heavy atom. The van der Waals surface area contributed by atoms with Crippen molar-refractivity contribution in [1.29, 1.82) is 0 Å². The molecule has 0 atom stereocenters. The van der Waals surface area contributed by atoms with E-state index in [0.717, 1.165) is 148 Å². The van der Waals surface area contributed by atoms with Gasteiger partial charge in [-0.2, -0.15) is 0 Å². The van der Waals surface area contributed by atoms with Gasteiger partial charge in [-0.3, -0.25) is 0 Å². The molecule has 0 unspecified atom stereocenters. The van der Waals surface area contributed by atoms with Crippen molar-refractivity contribution in [3.63, 3.8) is 0 Å². The highest BCUT2D eigenvalue weighted by Crippen LogP contribution is 2.57. The lowest BCUT2D eigenvalue weighted by Crippen LogP contribution is -2.44. The van der Waals surface area contributed by atoms with Crippen LogP contribution in [0.3, 0.4) is 0 Å². The molecule has 6 aromatic carbocycles. The van der Waals surface area contributed by atoms with E-state index in [-0.39, 0.29) is 43.3 Å². The van der Waals surface area contributed by atoms with Crippen LogP contribution in [0.1, 0.15) is 207 Å². The highest BCUT2D eigenvalue weighted by atomic mass is 16.4. The average molecular weight is 1340 g/mol. The fourth-order valence-corrected chi connectivity index (χ4v) is 19.6. The van der Waals surface area contributed by atoms with Crippen LogP contribution < -0.4 is 42.1 Å². The van der Waals surface area contributed by atoms with E-state index >= 15 is 19.2 Å². The third-order valence-corrected chi connectivity index (χ3v) is 26.4. The normalized spacial score (nSPS) is 21.1. The van der Waals surface area contributed by atoms with Crippen LogP contribution in [0.5, 0.6) is 0 Å². The van der Waals surface area contributed by atoms with Gasteiger partial charge in [0, 0.05) is 119 Å². The van der Waals surface area contributed by atoms with Gasteiger partial charge in [-0.1, -0.05) is 111 Å². The second-order valence-corrected chi connectivity index (χ2v) is 36.7. The number of rotatable bonds is 5. The first kappa shape index (κ1) is 63.5. The topological polar surface area (TPSA) is 134 Å². The van der Waals surface area contributed by atoms with Crippen LogP contribution in [0.25, 0.3) is 99.5 Å². The van der Waals surface area contributed by atoms with Crippen molar-refractivity contribution in [2.45, 2.75) is 205 Å². The third kappa shape index (κ3) is 9.20. The second kappa shape index (κ2) is 20.6. The zero-order chi connectivity index (χ0) is 70.0. The molecule has 0 saturated heterocycles. The monoisotopic (exact) mass is 1330 g/mol. The minimum atomic E-state index is -0.497. The molecule has 4 aromatic heterocycles. The van der Waals surface area contributed by atoms with E-state index in [1.165, 1.54) is 45.0 Å². The molecule has 0 radical (unpaired) electrons. The van der Waals surface area contributed by atoms with Crippen LogP contribution in [0.2, 0.25) is 0 Å². The Morgan fingerprint density at radius 1 is 0.240 bits per heavy atom. The van der Waals surface area contributed by atoms with E-state index < -0.39 is 22.5 Å². The molecule has 0 saturated carbocycles. The van der Waals surface area contributed by atoms with E-state index in [1.54, 1.807) is 0 Å². The zero-order valence-electron chi connectivity index (χ0n) is 61.5. The molecule has 8 aliphatic rings. The Balaban J connectivity index is 0.917. The summed E-state index contributed by atoms with van der Waals surface area (Å²) in [4.78, 5) is 71.9. The highest BCUT2D eigenvalue weighted by Gasteiger charge is 2.47. The molecule has 12 heterocycles. The van der Waals surface area contributed by atoms with Crippen molar-refractivity contribution in [3.05, 3.63) is 171 Å². The fraction of sp³-hybridized carbons (Fsp3) is 0.455. The lowest BCUT2D eigenvalue weighted by molar-refractivity contribution is 0.398. The molecular formula is C88H94N4O8. The van der Waals surface area contributed by atoms with Gasteiger partial charge in [-0.15, -0.1) is 0 Å². The first-order valence-corrected chi connectivity index (χ1v) is 37.0. The Morgan fingerprint density at radius 2 is 0.420 bits per heavy atom. The lowest BCUT2D eigenvalue weighted by Gasteiger charge is -2.48. The summed E-state index contributed by atoms with van der Waals surface area (Å²) < 4.78 is 27.1. The molecule has 0 N–H and O–H groups in total. The van der Waals surface area contributed by atoms with Crippen LogP contribution in [0.15, 0.2) is 122 Å². The van der Waals surface area contributed by atoms with Gasteiger partial charge in [0.2, 0.25) is 0 Å². The van der Waals surface area contributed by atoms with Crippen molar-refractivity contribution in [3.8, 4) is 55.6 Å². The zero-order valence-corrected chi connectivity index (χ0v) is 61.5. The smallest absolute Gasteiger partial charge is 0.344 e. The van der Waals surface area contributed by atoms with Crippen molar-refractivity contribution < 1.29 is 17.7 Å². The molecule has 0 aliphatic carbocycles. The predicted octanol–water partition coefficient (Wildman–Crippen LogP) is 19.1. The molecule has 0 fully saturated rings. The summed E-state index contributed by atoms with van der Waals surface area (Å²) in [6.07, 6.45) is 7.64. The van der Waals surface area contributed by atoms with Crippen LogP contribution in [0, 0.1) is 0 Å². The first-order valence-electron chi connectivity index (χ1n) is 37.0. The van der Waals surface area contributed by atoms with Gasteiger partial charge < -0.3 is 37.3 Å². The van der Waals surface area contributed by atoms with Gasteiger partial charge in [-0.25, -0.2) is 19.2 Å². The summed E-state index contributed by atoms with van der Waals surface area (Å²) in [6.45, 7) is 44.2. The van der Waals surface area contributed by atoms with Crippen LogP contribution in [0.4, 0.5) is 22.7 Å². The lowest BCUT2D eigenvalue weighted by atomic mass is 9.69. The van der Waals surface area contributed by atoms with Crippen molar-refractivity contribution in [1.82, 2.24) is 0 Å². The maximum Gasteiger partial charge on any atom is 0.344 e. The van der Waals surface area contributed by atoms with E-state index in [4.69, 9.17) is 17.7 Å². The molecule has 10 aromatic rings. The number of fused-ring (bicyclic) bond motifs is 8. The summed E-state index contributed by atoms with van der Waals surface area (Å²) >= 11 is 0. The van der Waals surface area contributed by atoms with E-state index in [1.807, 2.05) is 60.7 Å². The number of hydrogen-bond acceptors (Lipinski definition) is 12. The van der Waals surface area contributed by atoms with Gasteiger partial charge in [0.05, 0.1) is 22.3 Å². The van der Waals surface area contributed by atoms with E-state index in [9.17, 15) is 0 Å². The van der Waals surface area contributed by atoms with E-state index in [0.29, 0.717) is 78.0 Å². The van der Waals surface area contributed by atoms with Gasteiger partial charge in [0.15, 0.2) is 0 Å². The number of benzene rings is 6. The number of anilines is 4. The Kier molecular flexibility index (Phi) is 13.1. The number of hydrogen-bond donors (Lipinski definition) is 0. The SMILES string of the molecule is CC1(C)CCN2CCC(C)(C)c3c2c1cc1cc(-c2cc(-c4cc(-c5cc6cc7c8c(c6oc5=O)C(C)(C)CCN8CCC7(C)C)cc(-c5cc6cc7c8c(c6oc5=O)C(C)(C)CCN8CCC7(C)C)c4)cc(-c4cc5cc6c7c(c5oc4=O)C(C)(C)CCN7CCC6(C)C)c2)c(=O)oc31. The molecule has 12 heteroatoms. The van der Waals surface area contributed by atoms with Crippen molar-refractivity contribution in [2.24, 2.45) is 0 Å². The molecule has 8 aliphatic heterocycles. The van der Waals surface area contributed by atoms with Gasteiger partial charge in [0.25, 0.3) is 0 Å². The van der Waals surface area contributed by atoms with Gasteiger partial charge in [-0.05, 0) is 235 Å². The fourth-order valence-electron chi connectivity index (χ4n) is 19.6. The van der Waals surface area contributed by atoms with Crippen LogP contribution >= 0.6 is 0 Å². The summed E-state index contributed by atoms with van der Waals surface area (Å²) in [5.41, 5.74) is 17.6. The quantitative estimate of drug-likeness (QED) is 0.152. The minimum absolute atomic E-state index is 0.141.